The fourth-order valence-corrected chi connectivity index (χ4v) is 1.92. The van der Waals surface area contributed by atoms with Crippen LogP contribution >= 0.6 is 38.9 Å². The predicted octanol–water partition coefficient (Wildman–Crippen LogP) is 3.44. The van der Waals surface area contributed by atoms with Crippen molar-refractivity contribution in [2.75, 3.05) is 6.54 Å². The number of thiophene rings is 1. The summed E-state index contributed by atoms with van der Waals surface area (Å²) in [4.78, 5) is 12.2. The van der Waals surface area contributed by atoms with E-state index in [2.05, 4.69) is 27.8 Å². The summed E-state index contributed by atoms with van der Waals surface area (Å²) in [6, 6.07) is 3.66. The van der Waals surface area contributed by atoms with E-state index in [9.17, 15) is 4.79 Å². The van der Waals surface area contributed by atoms with Crippen molar-refractivity contribution in [1.29, 1.82) is 0 Å². The first-order chi connectivity index (χ1) is 7.08. The van der Waals surface area contributed by atoms with Crippen LogP contribution in [0.4, 0.5) is 0 Å². The van der Waals surface area contributed by atoms with Crippen LogP contribution in [0.5, 0.6) is 0 Å². The Morgan fingerprint density at radius 3 is 2.93 bits per heavy atom. The van der Waals surface area contributed by atoms with Gasteiger partial charge in [-0.15, -0.1) is 11.3 Å². The van der Waals surface area contributed by atoms with E-state index in [1.54, 1.807) is 12.1 Å². The van der Waals surface area contributed by atoms with Gasteiger partial charge in [0.05, 0.1) is 4.34 Å². The largest absolute Gasteiger partial charge is 0.348 e. The van der Waals surface area contributed by atoms with Gasteiger partial charge in [0.25, 0.3) is 0 Å². The molecule has 1 aromatic rings. The Bertz CT molecular complexity index is 400. The molecule has 1 N–H and O–H groups in total. The molecule has 0 saturated carbocycles. The molecule has 0 unspecified atom stereocenters. The summed E-state index contributed by atoms with van der Waals surface area (Å²) in [5, 5.41) is 2.66. The van der Waals surface area contributed by atoms with Crippen LogP contribution in [0, 0.1) is 0 Å². The lowest BCUT2D eigenvalue weighted by molar-refractivity contribution is -0.116. The Kier molecular flexibility index (Phi) is 5.08. The quantitative estimate of drug-likeness (QED) is 0.848. The van der Waals surface area contributed by atoms with Crippen molar-refractivity contribution in [2.24, 2.45) is 0 Å². The van der Waals surface area contributed by atoms with Crippen LogP contribution in [-0.4, -0.2) is 12.5 Å². The maximum absolute atomic E-state index is 11.2. The van der Waals surface area contributed by atoms with Crippen LogP contribution in [0.2, 0.25) is 4.34 Å². The summed E-state index contributed by atoms with van der Waals surface area (Å²) < 4.78 is 1.45. The first kappa shape index (κ1) is 12.5. The Morgan fingerprint density at radius 2 is 2.40 bits per heavy atom. The zero-order chi connectivity index (χ0) is 11.3. The molecule has 0 aliphatic rings. The van der Waals surface area contributed by atoms with Gasteiger partial charge in [-0.3, -0.25) is 4.79 Å². The van der Waals surface area contributed by atoms with E-state index in [1.165, 1.54) is 17.4 Å². The first-order valence-electron chi connectivity index (χ1n) is 4.12. The number of rotatable bonds is 4. The van der Waals surface area contributed by atoms with Crippen molar-refractivity contribution in [3.8, 4) is 0 Å². The third kappa shape index (κ3) is 5.16. The van der Waals surface area contributed by atoms with Crippen LogP contribution in [-0.2, 0) is 4.79 Å². The Hall–Kier alpha value is -0.580. The zero-order valence-electron chi connectivity index (χ0n) is 7.80. The zero-order valence-corrected chi connectivity index (χ0v) is 11.0. The van der Waals surface area contributed by atoms with E-state index in [0.29, 0.717) is 10.9 Å². The molecule has 15 heavy (non-hydrogen) atoms. The fourth-order valence-electron chi connectivity index (χ4n) is 0.818. The molecule has 1 rings (SSSR count). The lowest BCUT2D eigenvalue weighted by Crippen LogP contribution is -2.21. The molecule has 0 aliphatic carbocycles. The van der Waals surface area contributed by atoms with Gasteiger partial charge in [-0.05, 0) is 18.2 Å². The molecule has 2 nitrogen and oxygen atoms in total. The molecule has 0 aliphatic heterocycles. The molecule has 0 bridgehead atoms. The van der Waals surface area contributed by atoms with Gasteiger partial charge in [0, 0.05) is 22.0 Å². The maximum Gasteiger partial charge on any atom is 0.244 e. The van der Waals surface area contributed by atoms with Gasteiger partial charge in [0.2, 0.25) is 5.91 Å². The molecule has 0 radical (unpaired) electrons. The highest BCUT2D eigenvalue weighted by Gasteiger charge is 1.96. The van der Waals surface area contributed by atoms with Crippen molar-refractivity contribution < 1.29 is 4.79 Å². The van der Waals surface area contributed by atoms with Crippen LogP contribution in [0.3, 0.4) is 0 Å². The molecule has 1 amide bonds. The third-order valence-corrected chi connectivity index (χ3v) is 2.92. The second-order valence-corrected chi connectivity index (χ2v) is 5.58. The second kappa shape index (κ2) is 6.10. The number of carbonyl (C=O) groups is 1. The van der Waals surface area contributed by atoms with E-state index in [1.807, 2.05) is 6.07 Å². The molecule has 1 heterocycles. The standard InChI is InChI=1S/C10H9BrClNOS/c1-7(11)6-13-10(14)5-3-8-2-4-9(12)15-8/h2-5H,1,6H2,(H,13,14)/b5-3+. The number of nitrogens with one attached hydrogen (secondary N) is 1. The van der Waals surface area contributed by atoms with E-state index < -0.39 is 0 Å². The summed E-state index contributed by atoms with van der Waals surface area (Å²) in [6.07, 6.45) is 3.20. The van der Waals surface area contributed by atoms with Crippen molar-refractivity contribution >= 4 is 50.9 Å². The SMILES string of the molecule is C=C(Br)CNC(=O)/C=C/c1ccc(Cl)s1. The van der Waals surface area contributed by atoms with Crippen molar-refractivity contribution in [1.82, 2.24) is 5.32 Å². The molecule has 0 fully saturated rings. The Morgan fingerprint density at radius 1 is 1.67 bits per heavy atom. The van der Waals surface area contributed by atoms with E-state index in [0.717, 1.165) is 9.36 Å². The van der Waals surface area contributed by atoms with Crippen LogP contribution in [0.1, 0.15) is 4.88 Å². The molecular formula is C10H9BrClNOS. The van der Waals surface area contributed by atoms with Crippen molar-refractivity contribution in [2.45, 2.75) is 0 Å². The van der Waals surface area contributed by atoms with Crippen LogP contribution in [0.25, 0.3) is 6.08 Å². The minimum Gasteiger partial charge on any atom is -0.348 e. The summed E-state index contributed by atoms with van der Waals surface area (Å²) in [7, 11) is 0. The van der Waals surface area contributed by atoms with Gasteiger partial charge >= 0.3 is 0 Å². The summed E-state index contributed by atoms with van der Waals surface area (Å²) >= 11 is 10.3. The maximum atomic E-state index is 11.2. The number of hydrogen-bond donors (Lipinski definition) is 1. The molecule has 80 valence electrons. The minimum absolute atomic E-state index is 0.153. The molecular weight excluding hydrogens is 298 g/mol. The number of hydrogen-bond acceptors (Lipinski definition) is 2. The molecule has 0 aromatic carbocycles. The fraction of sp³-hybridized carbons (Fsp3) is 0.100. The van der Waals surface area contributed by atoms with Gasteiger partial charge < -0.3 is 5.32 Å². The van der Waals surface area contributed by atoms with Gasteiger partial charge in [0.1, 0.15) is 0 Å². The second-order valence-electron chi connectivity index (χ2n) is 2.71. The van der Waals surface area contributed by atoms with E-state index in [4.69, 9.17) is 11.6 Å². The molecule has 5 heteroatoms. The number of amides is 1. The lowest BCUT2D eigenvalue weighted by Gasteiger charge is -1.97. The Balaban J connectivity index is 2.44. The van der Waals surface area contributed by atoms with Gasteiger partial charge in [-0.25, -0.2) is 0 Å². The summed E-state index contributed by atoms with van der Waals surface area (Å²) in [5.41, 5.74) is 0. The minimum atomic E-state index is -0.153. The molecule has 1 aromatic heterocycles. The van der Waals surface area contributed by atoms with E-state index >= 15 is 0 Å². The molecule has 0 spiro atoms. The smallest absolute Gasteiger partial charge is 0.244 e. The summed E-state index contributed by atoms with van der Waals surface area (Å²) in [5.74, 6) is -0.153. The highest BCUT2D eigenvalue weighted by atomic mass is 79.9. The predicted molar refractivity (Wildman–Crippen MR) is 69.4 cm³/mol. The third-order valence-electron chi connectivity index (χ3n) is 1.45. The van der Waals surface area contributed by atoms with Crippen molar-refractivity contribution in [3.05, 3.63) is 38.5 Å². The average Bonchev–Trinajstić information content (AvgIpc) is 2.58. The normalized spacial score (nSPS) is 10.5. The molecule has 0 saturated heterocycles. The van der Waals surface area contributed by atoms with Crippen LogP contribution < -0.4 is 5.32 Å². The topological polar surface area (TPSA) is 29.1 Å². The van der Waals surface area contributed by atoms with Crippen molar-refractivity contribution in [3.63, 3.8) is 0 Å². The average molecular weight is 307 g/mol. The van der Waals surface area contributed by atoms with Gasteiger partial charge in [-0.2, -0.15) is 0 Å². The summed E-state index contributed by atoms with van der Waals surface area (Å²) in [6.45, 7) is 4.04. The first-order valence-corrected chi connectivity index (χ1v) is 6.11. The monoisotopic (exact) mass is 305 g/mol. The van der Waals surface area contributed by atoms with Crippen LogP contribution in [0.15, 0.2) is 29.3 Å². The number of halogens is 2. The van der Waals surface area contributed by atoms with Gasteiger partial charge in [-0.1, -0.05) is 34.1 Å². The number of carbonyl (C=O) groups excluding carboxylic acids is 1. The highest BCUT2D eigenvalue weighted by molar-refractivity contribution is 9.11. The Labute approximate surface area is 106 Å². The molecule has 0 atom stereocenters. The van der Waals surface area contributed by atoms with E-state index in [-0.39, 0.29) is 5.91 Å². The highest BCUT2D eigenvalue weighted by Crippen LogP contribution is 2.22. The lowest BCUT2D eigenvalue weighted by atomic mass is 10.4. The van der Waals surface area contributed by atoms with Gasteiger partial charge in [0.15, 0.2) is 0 Å².